The van der Waals surface area contributed by atoms with Crippen LogP contribution < -0.4 is 5.32 Å². The van der Waals surface area contributed by atoms with Gasteiger partial charge in [0.2, 0.25) is 5.91 Å². The summed E-state index contributed by atoms with van der Waals surface area (Å²) in [6.07, 6.45) is 6.08. The molecule has 0 aromatic rings. The molecule has 1 amide bonds. The normalized spacial score (nSPS) is 29.7. The number of hydrogen-bond acceptors (Lipinski definition) is 2. The van der Waals surface area contributed by atoms with E-state index in [1.807, 2.05) is 0 Å². The minimum Gasteiger partial charge on any atom is -0.341 e. The number of carbonyl (C=O) groups excluding carboxylic acids is 1. The lowest BCUT2D eigenvalue weighted by molar-refractivity contribution is -0.152. The molecule has 2 heterocycles. The van der Waals surface area contributed by atoms with Crippen LogP contribution in [0.1, 0.15) is 32.1 Å². The lowest BCUT2D eigenvalue weighted by Gasteiger charge is -2.53. The first-order chi connectivity index (χ1) is 7.29. The van der Waals surface area contributed by atoms with Crippen molar-refractivity contribution in [1.82, 2.24) is 10.2 Å². The van der Waals surface area contributed by atoms with Gasteiger partial charge in [0.05, 0.1) is 0 Å². The number of rotatable bonds is 1. The van der Waals surface area contributed by atoms with Crippen LogP contribution in [0.2, 0.25) is 0 Å². The zero-order valence-electron chi connectivity index (χ0n) is 9.30. The van der Waals surface area contributed by atoms with Crippen molar-refractivity contribution in [2.75, 3.05) is 26.2 Å². The second-order valence-corrected chi connectivity index (χ2v) is 5.57. The Morgan fingerprint density at radius 1 is 1.20 bits per heavy atom. The Hall–Kier alpha value is -0.570. The van der Waals surface area contributed by atoms with Crippen LogP contribution in [-0.4, -0.2) is 37.0 Å². The van der Waals surface area contributed by atoms with E-state index in [-0.39, 0.29) is 0 Å². The molecular weight excluding hydrogens is 188 g/mol. The second kappa shape index (κ2) is 3.48. The second-order valence-electron chi connectivity index (χ2n) is 5.57. The minimum absolute atomic E-state index is 0.393. The van der Waals surface area contributed by atoms with Crippen molar-refractivity contribution in [1.29, 1.82) is 0 Å². The van der Waals surface area contributed by atoms with E-state index in [0.717, 1.165) is 39.0 Å². The van der Waals surface area contributed by atoms with Crippen molar-refractivity contribution in [3.05, 3.63) is 0 Å². The molecule has 3 heteroatoms. The van der Waals surface area contributed by atoms with Crippen LogP contribution >= 0.6 is 0 Å². The largest absolute Gasteiger partial charge is 0.341 e. The monoisotopic (exact) mass is 208 g/mol. The van der Waals surface area contributed by atoms with Gasteiger partial charge in [-0.05, 0) is 38.8 Å². The van der Waals surface area contributed by atoms with Gasteiger partial charge in [0.25, 0.3) is 0 Å². The van der Waals surface area contributed by atoms with Crippen molar-refractivity contribution in [3.8, 4) is 0 Å². The maximum Gasteiger partial charge on any atom is 0.225 e. The molecule has 1 aliphatic carbocycles. The molecule has 0 atom stereocenters. The van der Waals surface area contributed by atoms with Crippen LogP contribution in [0.4, 0.5) is 0 Å². The molecule has 3 fully saturated rings. The number of piperidine rings is 1. The summed E-state index contributed by atoms with van der Waals surface area (Å²) in [7, 11) is 0. The van der Waals surface area contributed by atoms with Gasteiger partial charge in [-0.1, -0.05) is 6.42 Å². The molecule has 0 unspecified atom stereocenters. The van der Waals surface area contributed by atoms with E-state index in [1.165, 1.54) is 19.3 Å². The molecule has 1 saturated carbocycles. The highest BCUT2D eigenvalue weighted by atomic mass is 16.2. The van der Waals surface area contributed by atoms with E-state index >= 15 is 0 Å². The molecule has 15 heavy (non-hydrogen) atoms. The summed E-state index contributed by atoms with van der Waals surface area (Å²) in [5, 5.41) is 3.39. The zero-order chi connectivity index (χ0) is 10.3. The van der Waals surface area contributed by atoms with E-state index in [1.54, 1.807) is 0 Å². The Morgan fingerprint density at radius 2 is 1.87 bits per heavy atom. The van der Waals surface area contributed by atoms with Crippen molar-refractivity contribution >= 4 is 5.91 Å². The fourth-order valence-corrected chi connectivity index (χ4v) is 3.11. The van der Waals surface area contributed by atoms with Crippen LogP contribution in [0.15, 0.2) is 0 Å². The number of amides is 1. The molecule has 1 spiro atoms. The summed E-state index contributed by atoms with van der Waals surface area (Å²) in [5.41, 5.74) is 0.505. The molecule has 0 bridgehead atoms. The third kappa shape index (κ3) is 1.57. The van der Waals surface area contributed by atoms with Gasteiger partial charge >= 0.3 is 0 Å². The Morgan fingerprint density at radius 3 is 2.40 bits per heavy atom. The number of hydrogen-bond donors (Lipinski definition) is 1. The summed E-state index contributed by atoms with van der Waals surface area (Å²) in [4.78, 5) is 14.1. The van der Waals surface area contributed by atoms with Crippen LogP contribution in [0.5, 0.6) is 0 Å². The molecule has 2 saturated heterocycles. The molecule has 0 radical (unpaired) electrons. The van der Waals surface area contributed by atoms with E-state index in [2.05, 4.69) is 10.2 Å². The molecule has 84 valence electrons. The summed E-state index contributed by atoms with van der Waals surface area (Å²) in [6, 6.07) is 0. The van der Waals surface area contributed by atoms with Crippen LogP contribution in [0.25, 0.3) is 0 Å². The van der Waals surface area contributed by atoms with Gasteiger partial charge in [-0.2, -0.15) is 0 Å². The lowest BCUT2D eigenvalue weighted by atomic mass is 9.71. The highest BCUT2D eigenvalue weighted by Gasteiger charge is 2.46. The highest BCUT2D eigenvalue weighted by Crippen LogP contribution is 2.41. The van der Waals surface area contributed by atoms with Gasteiger partial charge in [-0.15, -0.1) is 0 Å². The van der Waals surface area contributed by atoms with Gasteiger partial charge in [0, 0.05) is 24.4 Å². The maximum atomic E-state index is 11.9. The average molecular weight is 208 g/mol. The Bertz CT molecular complexity index is 259. The molecule has 3 aliphatic rings. The Labute approximate surface area is 91.2 Å². The summed E-state index contributed by atoms with van der Waals surface area (Å²) in [6.45, 7) is 4.38. The number of nitrogens with zero attached hydrogens (tertiary/aromatic N) is 1. The lowest BCUT2D eigenvalue weighted by Crippen LogP contribution is -2.62. The molecular formula is C12H20N2O. The first-order valence-electron chi connectivity index (χ1n) is 6.29. The van der Waals surface area contributed by atoms with Crippen LogP contribution in [0.3, 0.4) is 0 Å². The van der Waals surface area contributed by atoms with E-state index in [4.69, 9.17) is 0 Å². The van der Waals surface area contributed by atoms with Gasteiger partial charge in [-0.3, -0.25) is 4.79 Å². The predicted octanol–water partition coefficient (Wildman–Crippen LogP) is 0.998. The Kier molecular flexibility index (Phi) is 2.23. The summed E-state index contributed by atoms with van der Waals surface area (Å²) >= 11 is 0. The molecule has 2 aliphatic heterocycles. The smallest absolute Gasteiger partial charge is 0.225 e. The van der Waals surface area contributed by atoms with E-state index in [0.29, 0.717) is 17.2 Å². The first kappa shape index (κ1) is 9.64. The fraction of sp³-hybridized carbons (Fsp3) is 0.917. The third-order valence-corrected chi connectivity index (χ3v) is 4.48. The topological polar surface area (TPSA) is 32.3 Å². The molecule has 0 aromatic carbocycles. The van der Waals surface area contributed by atoms with Crippen molar-refractivity contribution in [2.45, 2.75) is 32.1 Å². The van der Waals surface area contributed by atoms with Crippen molar-refractivity contribution in [2.24, 2.45) is 11.3 Å². The van der Waals surface area contributed by atoms with Gasteiger partial charge in [-0.25, -0.2) is 0 Å². The Balaban J connectivity index is 1.53. The minimum atomic E-state index is 0.393. The predicted molar refractivity (Wildman–Crippen MR) is 58.5 cm³/mol. The summed E-state index contributed by atoms with van der Waals surface area (Å²) in [5.74, 6) is 0.842. The SMILES string of the molecule is O=C(C1CCC1)N1CC2(CCNCC2)C1. The van der Waals surface area contributed by atoms with E-state index in [9.17, 15) is 4.79 Å². The molecule has 1 N–H and O–H groups in total. The standard InChI is InChI=1S/C12H20N2O/c15-11(10-2-1-3-10)14-8-12(9-14)4-6-13-7-5-12/h10,13H,1-9H2. The third-order valence-electron chi connectivity index (χ3n) is 4.48. The fourth-order valence-electron chi connectivity index (χ4n) is 3.11. The number of likely N-dealkylation sites (tertiary alicyclic amines) is 1. The molecule has 3 nitrogen and oxygen atoms in total. The van der Waals surface area contributed by atoms with Gasteiger partial charge in [0.1, 0.15) is 0 Å². The highest BCUT2D eigenvalue weighted by molar-refractivity contribution is 5.80. The van der Waals surface area contributed by atoms with Gasteiger partial charge in [0.15, 0.2) is 0 Å². The van der Waals surface area contributed by atoms with Crippen molar-refractivity contribution < 1.29 is 4.79 Å². The van der Waals surface area contributed by atoms with Gasteiger partial charge < -0.3 is 10.2 Å². The maximum absolute atomic E-state index is 11.9. The van der Waals surface area contributed by atoms with Crippen molar-refractivity contribution in [3.63, 3.8) is 0 Å². The first-order valence-corrected chi connectivity index (χ1v) is 6.29. The van der Waals surface area contributed by atoms with Crippen LogP contribution in [-0.2, 0) is 4.79 Å². The number of carbonyl (C=O) groups is 1. The average Bonchev–Trinajstić information content (AvgIpc) is 2.12. The molecule has 3 rings (SSSR count). The number of nitrogens with one attached hydrogen (secondary N) is 1. The van der Waals surface area contributed by atoms with Crippen LogP contribution in [0, 0.1) is 11.3 Å². The molecule has 0 aromatic heterocycles. The van der Waals surface area contributed by atoms with E-state index < -0.39 is 0 Å². The quantitative estimate of drug-likeness (QED) is 0.697. The summed E-state index contributed by atoms with van der Waals surface area (Å²) < 4.78 is 0. The zero-order valence-corrected chi connectivity index (χ0v) is 9.30.